The third-order valence-electron chi connectivity index (χ3n) is 4.11. The molecule has 0 bridgehead atoms. The summed E-state index contributed by atoms with van der Waals surface area (Å²) in [6, 6.07) is 8.35. The van der Waals surface area contributed by atoms with Gasteiger partial charge < -0.3 is 15.0 Å². The lowest BCUT2D eigenvalue weighted by atomic mass is 10.0. The highest BCUT2D eigenvalue weighted by Gasteiger charge is 2.24. The molecule has 1 saturated heterocycles. The molecule has 1 heterocycles. The molecule has 1 aromatic carbocycles. The van der Waals surface area contributed by atoms with Crippen molar-refractivity contribution < 1.29 is 9.53 Å². The minimum absolute atomic E-state index is 0.224. The molecule has 0 saturated carbocycles. The Labute approximate surface area is 133 Å². The van der Waals surface area contributed by atoms with Gasteiger partial charge in [-0.15, -0.1) is 0 Å². The van der Waals surface area contributed by atoms with Crippen LogP contribution >= 0.6 is 0 Å². The molecule has 0 aliphatic carbocycles. The summed E-state index contributed by atoms with van der Waals surface area (Å²) < 4.78 is 5.71. The van der Waals surface area contributed by atoms with E-state index >= 15 is 0 Å². The lowest BCUT2D eigenvalue weighted by molar-refractivity contribution is -0.134. The number of carbonyl (C=O) groups is 1. The molecule has 1 aliphatic rings. The Hall–Kier alpha value is -1.55. The Kier molecular flexibility index (Phi) is 6.72. The molecule has 0 radical (unpaired) electrons. The topological polar surface area (TPSA) is 41.6 Å². The number of aryl methyl sites for hydroxylation is 1. The smallest absolute Gasteiger partial charge is 0.226 e. The fourth-order valence-electron chi connectivity index (χ4n) is 2.98. The molecule has 22 heavy (non-hydrogen) atoms. The molecule has 1 aliphatic heterocycles. The predicted octanol–water partition coefficient (Wildman–Crippen LogP) is 2.75. The van der Waals surface area contributed by atoms with E-state index in [-0.39, 0.29) is 5.91 Å². The van der Waals surface area contributed by atoms with Crippen LogP contribution in [0.5, 0.6) is 5.75 Å². The number of nitrogens with zero attached hydrogens (tertiary/aromatic N) is 1. The normalized spacial score (nSPS) is 15.5. The van der Waals surface area contributed by atoms with Crippen molar-refractivity contribution in [3.8, 4) is 5.75 Å². The van der Waals surface area contributed by atoms with Crippen molar-refractivity contribution in [2.24, 2.45) is 0 Å². The number of nitrogens with one attached hydrogen (secondary N) is 1. The molecule has 2 rings (SSSR count). The molecular formula is C18H28N2O2. The number of rotatable bonds is 7. The Bertz CT molecular complexity index is 470. The maximum absolute atomic E-state index is 12.5. The first-order valence-electron chi connectivity index (χ1n) is 8.40. The second kappa shape index (κ2) is 8.79. The van der Waals surface area contributed by atoms with Crippen LogP contribution in [0, 0.1) is 6.92 Å². The van der Waals surface area contributed by atoms with Gasteiger partial charge in [-0.3, -0.25) is 4.79 Å². The summed E-state index contributed by atoms with van der Waals surface area (Å²) in [4.78, 5) is 14.6. The van der Waals surface area contributed by atoms with Crippen molar-refractivity contribution in [2.75, 3.05) is 26.2 Å². The van der Waals surface area contributed by atoms with E-state index in [1.54, 1.807) is 0 Å². The number of amides is 1. The van der Waals surface area contributed by atoms with Gasteiger partial charge in [0.05, 0.1) is 13.0 Å². The van der Waals surface area contributed by atoms with Crippen LogP contribution in [0.25, 0.3) is 0 Å². The van der Waals surface area contributed by atoms with E-state index in [1.165, 1.54) is 5.56 Å². The Morgan fingerprint density at radius 2 is 2.14 bits per heavy atom. The standard InChI is InChI=1S/C18H28N2O2/c1-3-12-20(16-7-10-19-11-8-16)18(21)9-13-22-17-6-4-5-15(2)14-17/h4-6,14,16,19H,3,7-13H2,1-2H3. The Morgan fingerprint density at radius 1 is 1.36 bits per heavy atom. The summed E-state index contributed by atoms with van der Waals surface area (Å²) in [5.41, 5.74) is 1.17. The highest BCUT2D eigenvalue weighted by molar-refractivity contribution is 5.76. The van der Waals surface area contributed by atoms with Crippen LogP contribution in [0.15, 0.2) is 24.3 Å². The van der Waals surface area contributed by atoms with Gasteiger partial charge in [-0.1, -0.05) is 19.1 Å². The van der Waals surface area contributed by atoms with Gasteiger partial charge in [0.1, 0.15) is 5.75 Å². The Morgan fingerprint density at radius 3 is 2.82 bits per heavy atom. The quantitative estimate of drug-likeness (QED) is 0.842. The highest BCUT2D eigenvalue weighted by atomic mass is 16.5. The first kappa shape index (κ1) is 16.8. The fourth-order valence-corrected chi connectivity index (χ4v) is 2.98. The van der Waals surface area contributed by atoms with Gasteiger partial charge in [0, 0.05) is 12.6 Å². The van der Waals surface area contributed by atoms with Gasteiger partial charge in [0.2, 0.25) is 5.91 Å². The average Bonchev–Trinajstić information content (AvgIpc) is 2.53. The van der Waals surface area contributed by atoms with E-state index in [4.69, 9.17) is 4.74 Å². The zero-order valence-electron chi connectivity index (χ0n) is 13.8. The van der Waals surface area contributed by atoms with Crippen molar-refractivity contribution in [3.05, 3.63) is 29.8 Å². The lowest BCUT2D eigenvalue weighted by Crippen LogP contribution is -2.46. The fraction of sp³-hybridized carbons (Fsp3) is 0.611. The summed E-state index contributed by atoms with van der Waals surface area (Å²) in [7, 11) is 0. The molecule has 0 aromatic heterocycles. The van der Waals surface area contributed by atoms with Crippen molar-refractivity contribution in [2.45, 2.75) is 45.6 Å². The third-order valence-corrected chi connectivity index (χ3v) is 4.11. The number of ether oxygens (including phenoxy) is 1. The molecule has 4 heteroatoms. The van der Waals surface area contributed by atoms with Gasteiger partial charge in [0.15, 0.2) is 0 Å². The van der Waals surface area contributed by atoms with Gasteiger partial charge in [0.25, 0.3) is 0 Å². The average molecular weight is 304 g/mol. The highest BCUT2D eigenvalue weighted by Crippen LogP contribution is 2.15. The molecular weight excluding hydrogens is 276 g/mol. The van der Waals surface area contributed by atoms with E-state index in [1.807, 2.05) is 31.2 Å². The summed E-state index contributed by atoms with van der Waals surface area (Å²) in [6.45, 7) is 7.50. The van der Waals surface area contributed by atoms with Crippen LogP contribution in [-0.4, -0.2) is 43.1 Å². The maximum atomic E-state index is 12.5. The van der Waals surface area contributed by atoms with Gasteiger partial charge in [-0.05, 0) is 57.0 Å². The predicted molar refractivity (Wildman–Crippen MR) is 89.2 cm³/mol. The van der Waals surface area contributed by atoms with Crippen molar-refractivity contribution in [1.82, 2.24) is 10.2 Å². The van der Waals surface area contributed by atoms with Crippen LogP contribution in [0.2, 0.25) is 0 Å². The van der Waals surface area contributed by atoms with Crippen LogP contribution in [0.4, 0.5) is 0 Å². The first-order valence-corrected chi connectivity index (χ1v) is 8.40. The van der Waals surface area contributed by atoms with E-state index < -0.39 is 0 Å². The summed E-state index contributed by atoms with van der Waals surface area (Å²) >= 11 is 0. The zero-order valence-corrected chi connectivity index (χ0v) is 13.8. The Balaban J connectivity index is 1.82. The molecule has 122 valence electrons. The first-order chi connectivity index (χ1) is 10.7. The van der Waals surface area contributed by atoms with Gasteiger partial charge in [-0.25, -0.2) is 0 Å². The number of hydrogen-bond acceptors (Lipinski definition) is 3. The molecule has 0 atom stereocenters. The number of carbonyl (C=O) groups excluding carboxylic acids is 1. The minimum atomic E-state index is 0.224. The summed E-state index contributed by atoms with van der Waals surface area (Å²) in [6.07, 6.45) is 3.58. The molecule has 1 fully saturated rings. The molecule has 1 amide bonds. The van der Waals surface area contributed by atoms with Crippen molar-refractivity contribution >= 4 is 5.91 Å². The maximum Gasteiger partial charge on any atom is 0.226 e. The largest absolute Gasteiger partial charge is 0.493 e. The second-order valence-corrected chi connectivity index (χ2v) is 5.98. The SMILES string of the molecule is CCCN(C(=O)CCOc1cccc(C)c1)C1CCNCC1. The number of benzene rings is 1. The number of hydrogen-bond donors (Lipinski definition) is 1. The summed E-state index contributed by atoms with van der Waals surface area (Å²) in [5, 5.41) is 3.36. The van der Waals surface area contributed by atoms with E-state index in [2.05, 4.69) is 17.1 Å². The zero-order chi connectivity index (χ0) is 15.8. The van der Waals surface area contributed by atoms with Crippen molar-refractivity contribution in [3.63, 3.8) is 0 Å². The molecule has 1 aromatic rings. The van der Waals surface area contributed by atoms with Crippen molar-refractivity contribution in [1.29, 1.82) is 0 Å². The molecule has 0 unspecified atom stereocenters. The monoisotopic (exact) mass is 304 g/mol. The van der Waals surface area contributed by atoms with Crippen LogP contribution in [-0.2, 0) is 4.79 Å². The van der Waals surface area contributed by atoms with E-state index in [0.29, 0.717) is 19.1 Å². The van der Waals surface area contributed by atoms with Gasteiger partial charge >= 0.3 is 0 Å². The van der Waals surface area contributed by atoms with E-state index in [9.17, 15) is 4.79 Å². The summed E-state index contributed by atoms with van der Waals surface area (Å²) in [5.74, 6) is 1.07. The number of piperidine rings is 1. The molecule has 0 spiro atoms. The van der Waals surface area contributed by atoms with E-state index in [0.717, 1.165) is 44.6 Å². The molecule has 1 N–H and O–H groups in total. The minimum Gasteiger partial charge on any atom is -0.493 e. The molecule has 4 nitrogen and oxygen atoms in total. The van der Waals surface area contributed by atoms with Crippen LogP contribution < -0.4 is 10.1 Å². The van der Waals surface area contributed by atoms with Crippen LogP contribution in [0.3, 0.4) is 0 Å². The van der Waals surface area contributed by atoms with Gasteiger partial charge in [-0.2, -0.15) is 0 Å². The van der Waals surface area contributed by atoms with Crippen LogP contribution in [0.1, 0.15) is 38.2 Å². The lowest BCUT2D eigenvalue weighted by Gasteiger charge is -2.34. The third kappa shape index (κ3) is 5.02. The second-order valence-electron chi connectivity index (χ2n) is 5.98.